The van der Waals surface area contributed by atoms with Crippen LogP contribution in [0, 0.1) is 5.92 Å². The summed E-state index contributed by atoms with van der Waals surface area (Å²) < 4.78 is 0. The van der Waals surface area contributed by atoms with E-state index >= 15 is 0 Å². The van der Waals surface area contributed by atoms with Crippen LogP contribution in [0.4, 0.5) is 11.4 Å². The van der Waals surface area contributed by atoms with Crippen molar-refractivity contribution in [1.29, 1.82) is 0 Å². The van der Waals surface area contributed by atoms with E-state index < -0.39 is 0 Å². The molecule has 0 saturated heterocycles. The summed E-state index contributed by atoms with van der Waals surface area (Å²) in [5, 5.41) is 0. The first-order valence-corrected chi connectivity index (χ1v) is 24.4. The lowest BCUT2D eigenvalue weighted by Gasteiger charge is -2.21. The van der Waals surface area contributed by atoms with Gasteiger partial charge in [0, 0.05) is 23.2 Å². The molecular weight excluding hydrogens is 701 g/mol. The van der Waals surface area contributed by atoms with Crippen molar-refractivity contribution in [1.82, 2.24) is 0 Å². The summed E-state index contributed by atoms with van der Waals surface area (Å²) in [6.45, 7) is 6.92. The second kappa shape index (κ2) is 28.8. The van der Waals surface area contributed by atoms with Crippen LogP contribution in [0.5, 0.6) is 0 Å². The fourth-order valence-electron chi connectivity index (χ4n) is 9.22. The Hall–Kier alpha value is -3.52. The van der Waals surface area contributed by atoms with E-state index in [1.54, 1.807) is 0 Å². The Morgan fingerprint density at radius 3 is 0.897 bits per heavy atom. The molecule has 2 heteroatoms. The zero-order chi connectivity index (χ0) is 41.0. The van der Waals surface area contributed by atoms with Crippen molar-refractivity contribution in [3.63, 3.8) is 0 Å². The molecule has 0 heterocycles. The Bertz CT molecular complexity index is 1450. The molecule has 4 aromatic carbocycles. The van der Waals surface area contributed by atoms with Crippen molar-refractivity contribution < 1.29 is 0 Å². The molecule has 0 amide bonds. The van der Waals surface area contributed by atoms with Gasteiger partial charge in [0.2, 0.25) is 0 Å². The SMILES string of the molecule is CCCCCCCCCCCC(c1ccc(N)cc1)c1ccc(CC(CCCCC)Cc2ccc(C(CCCCCCCCCCC)c3ccc(N)cc3)cc2)cc1. The summed E-state index contributed by atoms with van der Waals surface area (Å²) in [4.78, 5) is 0. The van der Waals surface area contributed by atoms with E-state index in [-0.39, 0.29) is 0 Å². The van der Waals surface area contributed by atoms with Crippen molar-refractivity contribution >= 4 is 11.4 Å². The highest BCUT2D eigenvalue weighted by Gasteiger charge is 2.18. The van der Waals surface area contributed by atoms with Crippen LogP contribution < -0.4 is 11.5 Å². The molecule has 318 valence electrons. The Kier molecular flexibility index (Phi) is 23.4. The molecule has 0 radical (unpaired) electrons. The quantitative estimate of drug-likeness (QED) is 0.0383. The van der Waals surface area contributed by atoms with E-state index in [9.17, 15) is 0 Å². The van der Waals surface area contributed by atoms with Crippen LogP contribution in [0.25, 0.3) is 0 Å². The summed E-state index contributed by atoms with van der Waals surface area (Å²) >= 11 is 0. The first kappa shape index (κ1) is 47.2. The molecule has 4 rings (SSSR count). The fraction of sp³-hybridized carbons (Fsp3) is 0.571. The average Bonchev–Trinajstić information content (AvgIpc) is 3.24. The van der Waals surface area contributed by atoms with Crippen LogP contribution in [0.1, 0.15) is 220 Å². The van der Waals surface area contributed by atoms with Gasteiger partial charge in [-0.05, 0) is 95.7 Å². The maximum Gasteiger partial charge on any atom is 0.0314 e. The molecule has 0 spiro atoms. The second-order valence-corrected chi connectivity index (χ2v) is 17.9. The van der Waals surface area contributed by atoms with E-state index in [4.69, 9.17) is 11.5 Å². The number of rotatable bonds is 32. The number of nitrogens with two attached hydrogens (primary N) is 2. The third-order valence-electron chi connectivity index (χ3n) is 12.9. The van der Waals surface area contributed by atoms with Crippen LogP contribution in [0.3, 0.4) is 0 Å². The van der Waals surface area contributed by atoms with E-state index in [1.807, 2.05) is 0 Å². The largest absolute Gasteiger partial charge is 0.399 e. The molecule has 58 heavy (non-hydrogen) atoms. The van der Waals surface area contributed by atoms with E-state index in [2.05, 4.69) is 118 Å². The highest BCUT2D eigenvalue weighted by Crippen LogP contribution is 2.34. The molecule has 2 unspecified atom stereocenters. The lowest BCUT2D eigenvalue weighted by Crippen LogP contribution is -2.10. The summed E-state index contributed by atoms with van der Waals surface area (Å²) in [6.07, 6.45) is 34.5. The number of hydrogen-bond donors (Lipinski definition) is 2. The number of unbranched alkanes of at least 4 members (excludes halogenated alkanes) is 18. The molecule has 0 aliphatic carbocycles. The molecule has 2 nitrogen and oxygen atoms in total. The van der Waals surface area contributed by atoms with Crippen molar-refractivity contribution in [3.05, 3.63) is 130 Å². The highest BCUT2D eigenvalue weighted by molar-refractivity contribution is 5.44. The normalized spacial score (nSPS) is 13.1. The minimum Gasteiger partial charge on any atom is -0.399 e. The van der Waals surface area contributed by atoms with Crippen molar-refractivity contribution in [2.75, 3.05) is 11.5 Å². The van der Waals surface area contributed by atoms with Crippen LogP contribution in [-0.4, -0.2) is 0 Å². The molecule has 0 bridgehead atoms. The van der Waals surface area contributed by atoms with E-state index in [1.165, 1.54) is 187 Å². The van der Waals surface area contributed by atoms with Gasteiger partial charge in [-0.3, -0.25) is 0 Å². The zero-order valence-electron chi connectivity index (χ0n) is 37.5. The summed E-state index contributed by atoms with van der Waals surface area (Å²) in [5.74, 6) is 1.50. The number of benzene rings is 4. The van der Waals surface area contributed by atoms with Crippen LogP contribution in [0.2, 0.25) is 0 Å². The molecular formula is C56H84N2. The van der Waals surface area contributed by atoms with Gasteiger partial charge >= 0.3 is 0 Å². The molecule has 0 fully saturated rings. The summed E-state index contributed by atoms with van der Waals surface area (Å²) in [7, 11) is 0. The minimum absolute atomic E-state index is 0.426. The molecule has 4 aromatic rings. The van der Waals surface area contributed by atoms with Gasteiger partial charge in [0.1, 0.15) is 0 Å². The molecule has 4 N–H and O–H groups in total. The minimum atomic E-state index is 0.426. The van der Waals surface area contributed by atoms with Crippen molar-refractivity contribution in [2.45, 2.75) is 200 Å². The lowest BCUT2D eigenvalue weighted by atomic mass is 9.83. The Balaban J connectivity index is 1.37. The van der Waals surface area contributed by atoms with Gasteiger partial charge < -0.3 is 11.5 Å². The number of nitrogen functional groups attached to an aromatic ring is 2. The summed E-state index contributed by atoms with van der Waals surface area (Å²) in [5.41, 5.74) is 22.6. The average molecular weight is 785 g/mol. The monoisotopic (exact) mass is 785 g/mol. The van der Waals surface area contributed by atoms with Gasteiger partial charge in [0.15, 0.2) is 0 Å². The Labute approximate surface area is 357 Å². The maximum absolute atomic E-state index is 6.12. The summed E-state index contributed by atoms with van der Waals surface area (Å²) in [6, 6.07) is 36.9. The van der Waals surface area contributed by atoms with Crippen LogP contribution in [-0.2, 0) is 12.8 Å². The number of anilines is 2. The zero-order valence-corrected chi connectivity index (χ0v) is 37.5. The predicted molar refractivity (Wildman–Crippen MR) is 257 cm³/mol. The molecule has 0 saturated carbocycles. The van der Waals surface area contributed by atoms with Crippen LogP contribution >= 0.6 is 0 Å². The van der Waals surface area contributed by atoms with E-state index in [0.717, 1.165) is 24.2 Å². The first-order chi connectivity index (χ1) is 28.5. The van der Waals surface area contributed by atoms with Gasteiger partial charge in [0.05, 0.1) is 0 Å². The third-order valence-corrected chi connectivity index (χ3v) is 12.9. The van der Waals surface area contributed by atoms with Gasteiger partial charge in [-0.2, -0.15) is 0 Å². The predicted octanol–water partition coefficient (Wildman–Crippen LogP) is 16.9. The van der Waals surface area contributed by atoms with E-state index in [0.29, 0.717) is 17.8 Å². The topological polar surface area (TPSA) is 52.0 Å². The third kappa shape index (κ3) is 18.2. The number of hydrogen-bond acceptors (Lipinski definition) is 2. The lowest BCUT2D eigenvalue weighted by molar-refractivity contribution is 0.452. The molecule has 0 aliphatic heterocycles. The van der Waals surface area contributed by atoms with Gasteiger partial charge in [-0.1, -0.05) is 228 Å². The fourth-order valence-corrected chi connectivity index (χ4v) is 9.22. The highest BCUT2D eigenvalue weighted by atomic mass is 14.5. The maximum atomic E-state index is 6.12. The standard InChI is InChI=1S/C56H84N2/c1-4-7-10-12-14-16-18-20-23-26-55(51-36-40-53(57)41-37-51)49-32-28-46(29-33-49)44-48(25-22-9-6-3)45-47-30-34-50(35-31-47)56(52-38-42-54(58)43-39-52)27-24-21-19-17-15-13-11-8-5-2/h28-43,48,55-56H,4-27,44-45,57-58H2,1-3H3. The Morgan fingerprint density at radius 1 is 0.310 bits per heavy atom. The van der Waals surface area contributed by atoms with Crippen molar-refractivity contribution in [2.24, 2.45) is 5.92 Å². The van der Waals surface area contributed by atoms with Crippen LogP contribution in [0.15, 0.2) is 97.1 Å². The molecule has 2 atom stereocenters. The van der Waals surface area contributed by atoms with Gasteiger partial charge in [-0.25, -0.2) is 0 Å². The van der Waals surface area contributed by atoms with Gasteiger partial charge in [0.25, 0.3) is 0 Å². The first-order valence-electron chi connectivity index (χ1n) is 24.4. The Morgan fingerprint density at radius 2 is 0.569 bits per heavy atom. The smallest absolute Gasteiger partial charge is 0.0314 e. The second-order valence-electron chi connectivity index (χ2n) is 17.9. The van der Waals surface area contributed by atoms with Crippen molar-refractivity contribution in [3.8, 4) is 0 Å². The molecule has 0 aliphatic rings. The molecule has 0 aromatic heterocycles. The van der Waals surface area contributed by atoms with Gasteiger partial charge in [-0.15, -0.1) is 0 Å².